The Balaban J connectivity index is 1.32. The minimum Gasteiger partial charge on any atom is -0.378 e. The number of ether oxygens (including phenoxy) is 1. The summed E-state index contributed by atoms with van der Waals surface area (Å²) in [5, 5.41) is 3.92. The fourth-order valence-electron chi connectivity index (χ4n) is 6.77. The molecule has 4 bridgehead atoms. The van der Waals surface area contributed by atoms with E-state index >= 15 is 0 Å². The number of nitrogens with one attached hydrogen (secondary N) is 1. The average Bonchev–Trinajstić information content (AvgIpc) is 2.61. The van der Waals surface area contributed by atoms with Crippen molar-refractivity contribution in [2.45, 2.75) is 44.9 Å². The Bertz CT molecular complexity index is 694. The van der Waals surface area contributed by atoms with E-state index in [4.69, 9.17) is 16.3 Å². The van der Waals surface area contributed by atoms with Gasteiger partial charge in [0.05, 0.1) is 29.6 Å². The molecular weight excluding hydrogens is 360 g/mol. The van der Waals surface area contributed by atoms with Gasteiger partial charge in [-0.1, -0.05) is 17.7 Å². The molecule has 1 aliphatic heterocycles. The van der Waals surface area contributed by atoms with Gasteiger partial charge in [-0.2, -0.15) is 0 Å². The molecule has 1 heterocycles. The molecule has 0 spiro atoms. The van der Waals surface area contributed by atoms with Crippen LogP contribution in [-0.4, -0.2) is 32.2 Å². The Kier molecular flexibility index (Phi) is 4.60. The summed E-state index contributed by atoms with van der Waals surface area (Å²) in [5.41, 5.74) is 2.05. The van der Waals surface area contributed by atoms with E-state index in [9.17, 15) is 4.79 Å². The Morgan fingerprint density at radius 1 is 1.11 bits per heavy atom. The number of morpholine rings is 1. The molecule has 146 valence electrons. The zero-order chi connectivity index (χ0) is 18.4. The summed E-state index contributed by atoms with van der Waals surface area (Å²) in [6, 6.07) is 5.81. The molecule has 0 atom stereocenters. The first kappa shape index (κ1) is 17.8. The van der Waals surface area contributed by atoms with E-state index in [0.29, 0.717) is 24.7 Å². The lowest BCUT2D eigenvalue weighted by atomic mass is 9.49. The van der Waals surface area contributed by atoms with Crippen LogP contribution in [0.4, 0.5) is 11.4 Å². The summed E-state index contributed by atoms with van der Waals surface area (Å²) in [6.45, 7) is 3.01. The maximum atomic E-state index is 13.0. The molecule has 4 nitrogen and oxygen atoms in total. The summed E-state index contributed by atoms with van der Waals surface area (Å²) in [4.78, 5) is 15.3. The van der Waals surface area contributed by atoms with Crippen LogP contribution in [0.3, 0.4) is 0 Å². The van der Waals surface area contributed by atoms with E-state index in [0.717, 1.165) is 42.2 Å². The fourth-order valence-corrected chi connectivity index (χ4v) is 7.06. The van der Waals surface area contributed by atoms with Crippen molar-refractivity contribution < 1.29 is 9.53 Å². The van der Waals surface area contributed by atoms with Gasteiger partial charge >= 0.3 is 0 Å². The second-order valence-electron chi connectivity index (χ2n) is 9.38. The topological polar surface area (TPSA) is 41.6 Å². The molecule has 6 rings (SSSR count). The Morgan fingerprint density at radius 3 is 2.37 bits per heavy atom. The van der Waals surface area contributed by atoms with Crippen molar-refractivity contribution in [2.24, 2.45) is 23.2 Å². The monoisotopic (exact) mass is 388 g/mol. The second kappa shape index (κ2) is 6.97. The molecule has 4 aliphatic carbocycles. The first-order valence-electron chi connectivity index (χ1n) is 10.5. The van der Waals surface area contributed by atoms with Gasteiger partial charge in [-0.25, -0.2) is 0 Å². The molecule has 4 saturated carbocycles. The predicted octanol–water partition coefficient (Wildman–Crippen LogP) is 4.72. The van der Waals surface area contributed by atoms with Gasteiger partial charge in [0.2, 0.25) is 5.91 Å². The normalized spacial score (nSPS) is 34.7. The van der Waals surface area contributed by atoms with Gasteiger partial charge < -0.3 is 15.0 Å². The van der Waals surface area contributed by atoms with E-state index in [2.05, 4.69) is 10.2 Å². The van der Waals surface area contributed by atoms with E-state index in [1.165, 1.54) is 38.5 Å². The number of carbonyl (C=O) groups excluding carboxylic acids is 1. The number of anilines is 2. The van der Waals surface area contributed by atoms with Gasteiger partial charge in [-0.05, 0) is 73.8 Å². The third-order valence-corrected chi connectivity index (χ3v) is 7.59. The van der Waals surface area contributed by atoms with Crippen molar-refractivity contribution >= 4 is 28.9 Å². The highest BCUT2D eigenvalue weighted by molar-refractivity contribution is 6.34. The number of carbonyl (C=O) groups is 1. The van der Waals surface area contributed by atoms with Crippen molar-refractivity contribution in [3.63, 3.8) is 0 Å². The van der Waals surface area contributed by atoms with Gasteiger partial charge in [0.1, 0.15) is 0 Å². The summed E-state index contributed by atoms with van der Waals surface area (Å²) >= 11 is 6.51. The molecular formula is C22H29ClN2O2. The van der Waals surface area contributed by atoms with Crippen molar-refractivity contribution in [3.05, 3.63) is 23.2 Å². The minimum atomic E-state index is 0.161. The molecule has 5 heteroatoms. The van der Waals surface area contributed by atoms with Gasteiger partial charge in [0.15, 0.2) is 0 Å². The van der Waals surface area contributed by atoms with E-state index in [-0.39, 0.29) is 11.3 Å². The Hall–Kier alpha value is -1.26. The highest BCUT2D eigenvalue weighted by atomic mass is 35.5. The number of hydrogen-bond donors (Lipinski definition) is 1. The summed E-state index contributed by atoms with van der Waals surface area (Å²) in [7, 11) is 0. The third kappa shape index (κ3) is 3.47. The lowest BCUT2D eigenvalue weighted by Gasteiger charge is -2.56. The molecule has 5 fully saturated rings. The zero-order valence-electron chi connectivity index (χ0n) is 15.9. The van der Waals surface area contributed by atoms with Crippen LogP contribution in [0.5, 0.6) is 0 Å². The second-order valence-corrected chi connectivity index (χ2v) is 9.79. The Labute approximate surface area is 166 Å². The molecule has 27 heavy (non-hydrogen) atoms. The number of benzene rings is 1. The van der Waals surface area contributed by atoms with Crippen LogP contribution in [0.2, 0.25) is 5.02 Å². The Morgan fingerprint density at radius 2 is 1.74 bits per heavy atom. The van der Waals surface area contributed by atoms with Crippen molar-refractivity contribution in [3.8, 4) is 0 Å². The van der Waals surface area contributed by atoms with Gasteiger partial charge in [0.25, 0.3) is 0 Å². The van der Waals surface area contributed by atoms with E-state index in [1.54, 1.807) is 0 Å². The predicted molar refractivity (Wildman–Crippen MR) is 108 cm³/mol. The molecule has 1 saturated heterocycles. The summed E-state index contributed by atoms with van der Waals surface area (Å²) in [5.74, 6) is 2.78. The molecule has 1 aromatic carbocycles. The highest BCUT2D eigenvalue weighted by Gasteiger charge is 2.51. The maximum Gasteiger partial charge on any atom is 0.224 e. The SMILES string of the molecule is O=C(CC12CC3CC(CC(C3)C1)C2)Nc1cccc(Cl)c1N1CCOCC1. The third-order valence-electron chi connectivity index (χ3n) is 7.29. The average molecular weight is 389 g/mol. The maximum absolute atomic E-state index is 13.0. The van der Waals surface area contributed by atoms with E-state index in [1.807, 2.05) is 18.2 Å². The highest BCUT2D eigenvalue weighted by Crippen LogP contribution is 2.61. The number of amides is 1. The molecule has 0 unspecified atom stereocenters. The molecule has 0 aromatic heterocycles. The van der Waals surface area contributed by atoms with Crippen LogP contribution in [-0.2, 0) is 9.53 Å². The van der Waals surface area contributed by atoms with Crippen molar-refractivity contribution in [2.75, 3.05) is 36.5 Å². The van der Waals surface area contributed by atoms with Crippen molar-refractivity contribution in [1.82, 2.24) is 0 Å². The quantitative estimate of drug-likeness (QED) is 0.811. The summed E-state index contributed by atoms with van der Waals surface area (Å²) in [6.07, 6.45) is 8.70. The zero-order valence-corrected chi connectivity index (χ0v) is 16.6. The molecule has 5 aliphatic rings. The van der Waals surface area contributed by atoms with Crippen LogP contribution in [0.1, 0.15) is 44.9 Å². The lowest BCUT2D eigenvalue weighted by molar-refractivity contribution is -0.124. The molecule has 1 N–H and O–H groups in total. The smallest absolute Gasteiger partial charge is 0.224 e. The number of nitrogens with zero attached hydrogens (tertiary/aromatic N) is 1. The van der Waals surface area contributed by atoms with Crippen molar-refractivity contribution in [1.29, 1.82) is 0 Å². The van der Waals surface area contributed by atoms with Crippen LogP contribution in [0.25, 0.3) is 0 Å². The standard InChI is InChI=1S/C22H29ClN2O2/c23-18-2-1-3-19(21(18)25-4-6-27-7-5-25)24-20(26)14-22-11-15-8-16(12-22)10-17(9-15)13-22/h1-3,15-17H,4-14H2,(H,24,26). The number of halogens is 1. The van der Waals surface area contributed by atoms with E-state index < -0.39 is 0 Å². The number of para-hydroxylation sites is 1. The number of hydrogen-bond acceptors (Lipinski definition) is 3. The van der Waals surface area contributed by atoms with Gasteiger partial charge in [-0.15, -0.1) is 0 Å². The van der Waals surface area contributed by atoms with Crippen LogP contribution in [0, 0.1) is 23.2 Å². The number of rotatable bonds is 4. The molecule has 0 radical (unpaired) electrons. The largest absolute Gasteiger partial charge is 0.378 e. The lowest BCUT2D eigenvalue weighted by Crippen LogP contribution is -2.47. The van der Waals surface area contributed by atoms with Crippen LogP contribution < -0.4 is 10.2 Å². The van der Waals surface area contributed by atoms with Crippen LogP contribution >= 0.6 is 11.6 Å². The minimum absolute atomic E-state index is 0.161. The fraction of sp³-hybridized carbons (Fsp3) is 0.682. The first-order valence-corrected chi connectivity index (χ1v) is 10.9. The molecule has 1 aromatic rings. The first-order chi connectivity index (χ1) is 13.1. The molecule has 1 amide bonds. The van der Waals surface area contributed by atoms with Gasteiger partial charge in [0, 0.05) is 19.5 Å². The summed E-state index contributed by atoms with van der Waals surface area (Å²) < 4.78 is 5.47. The van der Waals surface area contributed by atoms with Crippen LogP contribution in [0.15, 0.2) is 18.2 Å². The van der Waals surface area contributed by atoms with Gasteiger partial charge in [-0.3, -0.25) is 4.79 Å².